The van der Waals surface area contributed by atoms with Gasteiger partial charge in [-0.15, -0.1) is 11.3 Å². The van der Waals surface area contributed by atoms with Crippen molar-refractivity contribution in [2.45, 2.75) is 6.92 Å². The van der Waals surface area contributed by atoms with Gasteiger partial charge in [-0.1, -0.05) is 12.1 Å². The van der Waals surface area contributed by atoms with E-state index in [2.05, 4.69) is 15.6 Å². The van der Waals surface area contributed by atoms with Gasteiger partial charge in [0, 0.05) is 28.4 Å². The van der Waals surface area contributed by atoms with E-state index in [9.17, 15) is 13.6 Å². The largest absolute Gasteiger partial charge is 0.323 e. The maximum atomic E-state index is 13.1. The highest BCUT2D eigenvalue weighted by molar-refractivity contribution is 7.09. The zero-order valence-corrected chi connectivity index (χ0v) is 13.5. The molecular weight excluding hydrogens is 332 g/mol. The Labute approximate surface area is 141 Å². The van der Waals surface area contributed by atoms with Gasteiger partial charge in [0.1, 0.15) is 11.6 Å². The molecule has 0 aliphatic heterocycles. The van der Waals surface area contributed by atoms with Crippen molar-refractivity contribution in [3.63, 3.8) is 0 Å². The molecule has 3 aromatic rings. The topological polar surface area (TPSA) is 54.0 Å². The predicted molar refractivity (Wildman–Crippen MR) is 91.3 cm³/mol. The van der Waals surface area contributed by atoms with Gasteiger partial charge in [-0.05, 0) is 31.2 Å². The Morgan fingerprint density at radius 2 is 1.62 bits per heavy atom. The number of aryl methyl sites for hydroxylation is 1. The smallest absolute Gasteiger partial charge is 0.308 e. The fraction of sp³-hybridized carbons (Fsp3) is 0.0588. The number of amides is 2. The lowest BCUT2D eigenvalue weighted by Gasteiger charge is -2.08. The molecule has 0 bridgehead atoms. The van der Waals surface area contributed by atoms with Crippen LogP contribution in [0.5, 0.6) is 0 Å². The van der Waals surface area contributed by atoms with Gasteiger partial charge >= 0.3 is 6.03 Å². The standard InChI is InChI=1S/C17H13F2N3OS/c1-10-20-16(9-24-10)11-2-4-14(5-3-11)21-17(23)22-15-7-12(18)6-13(19)8-15/h2-9H,1H3,(H2,21,22,23). The molecule has 2 amide bonds. The van der Waals surface area contributed by atoms with Crippen molar-refractivity contribution in [2.75, 3.05) is 10.6 Å². The molecule has 0 fully saturated rings. The monoisotopic (exact) mass is 345 g/mol. The van der Waals surface area contributed by atoms with E-state index in [1.54, 1.807) is 23.5 Å². The van der Waals surface area contributed by atoms with Crippen LogP contribution in [0.2, 0.25) is 0 Å². The Hall–Kier alpha value is -2.80. The Kier molecular flexibility index (Phi) is 4.52. The molecule has 0 saturated carbocycles. The van der Waals surface area contributed by atoms with E-state index in [0.717, 1.165) is 34.5 Å². The van der Waals surface area contributed by atoms with Crippen molar-refractivity contribution in [2.24, 2.45) is 0 Å². The third kappa shape index (κ3) is 3.94. The van der Waals surface area contributed by atoms with Crippen LogP contribution in [-0.2, 0) is 0 Å². The second kappa shape index (κ2) is 6.76. The zero-order valence-electron chi connectivity index (χ0n) is 12.6. The number of benzene rings is 2. The normalized spacial score (nSPS) is 10.5. The lowest BCUT2D eigenvalue weighted by Crippen LogP contribution is -2.19. The van der Waals surface area contributed by atoms with E-state index in [4.69, 9.17) is 0 Å². The minimum Gasteiger partial charge on any atom is -0.308 e. The lowest BCUT2D eigenvalue weighted by molar-refractivity contribution is 0.262. The second-order valence-corrected chi connectivity index (χ2v) is 6.13. The van der Waals surface area contributed by atoms with E-state index in [1.165, 1.54) is 0 Å². The SMILES string of the molecule is Cc1nc(-c2ccc(NC(=O)Nc3cc(F)cc(F)c3)cc2)cs1. The summed E-state index contributed by atoms with van der Waals surface area (Å²) in [6.45, 7) is 1.93. The number of rotatable bonds is 3. The molecule has 2 N–H and O–H groups in total. The molecule has 3 rings (SSSR count). The highest BCUT2D eigenvalue weighted by Crippen LogP contribution is 2.23. The second-order valence-electron chi connectivity index (χ2n) is 5.07. The van der Waals surface area contributed by atoms with Crippen molar-refractivity contribution < 1.29 is 13.6 Å². The minimum absolute atomic E-state index is 0.0413. The fourth-order valence-electron chi connectivity index (χ4n) is 2.14. The number of carbonyl (C=O) groups excluding carboxylic acids is 1. The van der Waals surface area contributed by atoms with Crippen molar-refractivity contribution in [3.8, 4) is 11.3 Å². The average molecular weight is 345 g/mol. The number of urea groups is 1. The molecule has 0 aliphatic rings. The summed E-state index contributed by atoms with van der Waals surface area (Å²) < 4.78 is 26.2. The van der Waals surface area contributed by atoms with Crippen molar-refractivity contribution in [3.05, 3.63) is 64.5 Å². The average Bonchev–Trinajstić information content (AvgIpc) is 2.93. The number of anilines is 2. The predicted octanol–water partition coefficient (Wildman–Crippen LogP) is 5.04. The van der Waals surface area contributed by atoms with Crippen LogP contribution >= 0.6 is 11.3 Å². The Balaban J connectivity index is 1.66. The summed E-state index contributed by atoms with van der Waals surface area (Å²) in [6, 6.07) is 9.37. The number of hydrogen-bond acceptors (Lipinski definition) is 3. The van der Waals surface area contributed by atoms with Crippen LogP contribution in [-0.4, -0.2) is 11.0 Å². The molecule has 24 heavy (non-hydrogen) atoms. The van der Waals surface area contributed by atoms with Gasteiger partial charge in [0.05, 0.1) is 10.7 Å². The number of thiazole rings is 1. The molecule has 0 radical (unpaired) electrons. The summed E-state index contributed by atoms with van der Waals surface area (Å²) in [4.78, 5) is 16.3. The first-order valence-electron chi connectivity index (χ1n) is 7.06. The van der Waals surface area contributed by atoms with Gasteiger partial charge in [-0.3, -0.25) is 0 Å². The molecule has 0 saturated heterocycles. The summed E-state index contributed by atoms with van der Waals surface area (Å²) in [5, 5.41) is 7.92. The van der Waals surface area contributed by atoms with Crippen LogP contribution in [0.1, 0.15) is 5.01 Å². The van der Waals surface area contributed by atoms with Crippen LogP contribution in [0.15, 0.2) is 47.8 Å². The van der Waals surface area contributed by atoms with Crippen LogP contribution in [0, 0.1) is 18.6 Å². The van der Waals surface area contributed by atoms with E-state index in [1.807, 2.05) is 24.4 Å². The first-order chi connectivity index (χ1) is 11.5. The molecule has 2 aromatic carbocycles. The summed E-state index contributed by atoms with van der Waals surface area (Å²) in [6.07, 6.45) is 0. The van der Waals surface area contributed by atoms with E-state index < -0.39 is 17.7 Å². The summed E-state index contributed by atoms with van der Waals surface area (Å²) >= 11 is 1.57. The van der Waals surface area contributed by atoms with Gasteiger partial charge < -0.3 is 10.6 Å². The Bertz CT molecular complexity index is 858. The van der Waals surface area contributed by atoms with Crippen LogP contribution in [0.4, 0.5) is 25.0 Å². The van der Waals surface area contributed by atoms with E-state index in [0.29, 0.717) is 5.69 Å². The van der Waals surface area contributed by atoms with Gasteiger partial charge in [0.15, 0.2) is 0 Å². The minimum atomic E-state index is -0.756. The van der Waals surface area contributed by atoms with Gasteiger partial charge in [-0.25, -0.2) is 18.6 Å². The highest BCUT2D eigenvalue weighted by atomic mass is 32.1. The fourth-order valence-corrected chi connectivity index (χ4v) is 2.76. The number of aromatic nitrogens is 1. The number of carbonyl (C=O) groups is 1. The summed E-state index contributed by atoms with van der Waals surface area (Å²) in [5.41, 5.74) is 2.42. The number of hydrogen-bond donors (Lipinski definition) is 2. The highest BCUT2D eigenvalue weighted by Gasteiger charge is 2.07. The molecule has 4 nitrogen and oxygen atoms in total. The van der Waals surface area contributed by atoms with Gasteiger partial charge in [-0.2, -0.15) is 0 Å². The first-order valence-corrected chi connectivity index (χ1v) is 7.94. The first kappa shape index (κ1) is 16.1. The van der Waals surface area contributed by atoms with Crippen molar-refractivity contribution in [1.82, 2.24) is 4.98 Å². The number of nitrogens with one attached hydrogen (secondary N) is 2. The van der Waals surface area contributed by atoms with E-state index >= 15 is 0 Å². The molecule has 0 spiro atoms. The maximum Gasteiger partial charge on any atom is 0.323 e. The number of halogens is 2. The van der Waals surface area contributed by atoms with Crippen molar-refractivity contribution in [1.29, 1.82) is 0 Å². The quantitative estimate of drug-likeness (QED) is 0.699. The van der Waals surface area contributed by atoms with Crippen LogP contribution < -0.4 is 10.6 Å². The third-order valence-electron chi connectivity index (χ3n) is 3.18. The summed E-state index contributed by atoms with van der Waals surface area (Å²) in [5.74, 6) is -1.51. The zero-order chi connectivity index (χ0) is 17.1. The third-order valence-corrected chi connectivity index (χ3v) is 3.95. The molecule has 122 valence electrons. The molecule has 0 atom stereocenters. The molecular formula is C17H13F2N3OS. The maximum absolute atomic E-state index is 13.1. The number of nitrogens with zero attached hydrogens (tertiary/aromatic N) is 1. The van der Waals surface area contributed by atoms with Gasteiger partial charge in [0.2, 0.25) is 0 Å². The summed E-state index contributed by atoms with van der Waals surface area (Å²) in [7, 11) is 0. The molecule has 1 heterocycles. The Morgan fingerprint density at radius 1 is 1.00 bits per heavy atom. The lowest BCUT2D eigenvalue weighted by atomic mass is 10.1. The van der Waals surface area contributed by atoms with Crippen LogP contribution in [0.3, 0.4) is 0 Å². The van der Waals surface area contributed by atoms with Crippen LogP contribution in [0.25, 0.3) is 11.3 Å². The Morgan fingerprint density at radius 3 is 2.21 bits per heavy atom. The van der Waals surface area contributed by atoms with Crippen molar-refractivity contribution >= 4 is 28.7 Å². The molecule has 0 aliphatic carbocycles. The molecule has 0 unspecified atom stereocenters. The van der Waals surface area contributed by atoms with Gasteiger partial charge in [0.25, 0.3) is 0 Å². The molecule has 7 heteroatoms. The molecule has 1 aromatic heterocycles. The van der Waals surface area contributed by atoms with E-state index in [-0.39, 0.29) is 5.69 Å².